The van der Waals surface area contributed by atoms with Crippen molar-refractivity contribution in [1.82, 2.24) is 9.97 Å². The molecule has 0 unspecified atom stereocenters. The second-order valence-corrected chi connectivity index (χ2v) is 11.6. The number of fused-ring (bicyclic) bond motifs is 1. The van der Waals surface area contributed by atoms with Crippen LogP contribution in [0.4, 0.5) is 11.5 Å². The molecule has 7 nitrogen and oxygen atoms in total. The zero-order valence-electron chi connectivity index (χ0n) is 24.9. The largest absolute Gasteiger partial charge is 0.493 e. The first-order chi connectivity index (χ1) is 20.0. The molecule has 2 saturated carbocycles. The quantitative estimate of drug-likeness (QED) is 0.0960. The summed E-state index contributed by atoms with van der Waals surface area (Å²) < 4.78 is 11.9. The van der Waals surface area contributed by atoms with E-state index in [4.69, 9.17) is 14.5 Å². The van der Waals surface area contributed by atoms with Gasteiger partial charge in [0.25, 0.3) is 0 Å². The Hall–Kier alpha value is -3.61. The van der Waals surface area contributed by atoms with Crippen molar-refractivity contribution in [3.05, 3.63) is 59.9 Å². The normalized spacial score (nSPS) is 15.7. The van der Waals surface area contributed by atoms with Crippen molar-refractivity contribution >= 4 is 28.2 Å². The van der Waals surface area contributed by atoms with Gasteiger partial charge in [-0.2, -0.15) is 0 Å². The van der Waals surface area contributed by atoms with Crippen LogP contribution in [0, 0.1) is 12.8 Å². The highest BCUT2D eigenvalue weighted by Gasteiger charge is 2.27. The molecule has 0 atom stereocenters. The molecule has 0 saturated heterocycles. The van der Waals surface area contributed by atoms with Crippen LogP contribution in [-0.4, -0.2) is 41.6 Å². The van der Waals surface area contributed by atoms with Gasteiger partial charge < -0.3 is 20.1 Å². The Labute approximate surface area is 244 Å². The smallest absolute Gasteiger partial charge is 0.137 e. The highest BCUT2D eigenvalue weighted by Crippen LogP contribution is 2.32. The number of hydrogen-bond donors (Lipinski definition) is 2. The summed E-state index contributed by atoms with van der Waals surface area (Å²) in [5, 5.41) is 8.02. The SMILES string of the molecule is Cc1cc2c(NCCN=C(Nc3ccc(OC(C)C)cc3)C3CC3)ncnc2cc1OCCCC=C1CCCCC1. The Morgan fingerprint density at radius 1 is 1.07 bits per heavy atom. The molecule has 0 radical (unpaired) electrons. The monoisotopic (exact) mass is 555 g/mol. The van der Waals surface area contributed by atoms with E-state index in [1.165, 1.54) is 44.9 Å². The van der Waals surface area contributed by atoms with Gasteiger partial charge in [0.05, 0.1) is 24.8 Å². The Bertz CT molecular complexity index is 1340. The fourth-order valence-electron chi connectivity index (χ4n) is 5.29. The van der Waals surface area contributed by atoms with Crippen LogP contribution < -0.4 is 20.1 Å². The van der Waals surface area contributed by atoms with Crippen LogP contribution in [0.5, 0.6) is 11.5 Å². The Kier molecular flexibility index (Phi) is 10.1. The van der Waals surface area contributed by atoms with Crippen molar-refractivity contribution in [3.8, 4) is 11.5 Å². The summed E-state index contributed by atoms with van der Waals surface area (Å²) in [6.07, 6.45) is 15.4. The van der Waals surface area contributed by atoms with Crippen molar-refractivity contribution < 1.29 is 9.47 Å². The van der Waals surface area contributed by atoms with Crippen LogP contribution in [0.3, 0.4) is 0 Å². The first kappa shape index (κ1) is 28.9. The maximum atomic E-state index is 6.16. The summed E-state index contributed by atoms with van der Waals surface area (Å²) in [6.45, 7) is 8.24. The number of aromatic nitrogens is 2. The van der Waals surface area contributed by atoms with Crippen LogP contribution in [-0.2, 0) is 0 Å². The van der Waals surface area contributed by atoms with Gasteiger partial charge in [-0.15, -0.1) is 0 Å². The molecule has 41 heavy (non-hydrogen) atoms. The summed E-state index contributed by atoms with van der Waals surface area (Å²) in [7, 11) is 0. The van der Waals surface area contributed by atoms with E-state index in [-0.39, 0.29) is 6.10 Å². The van der Waals surface area contributed by atoms with Crippen molar-refractivity contribution in [2.75, 3.05) is 30.3 Å². The number of aliphatic imine (C=N–C) groups is 1. The predicted molar refractivity (Wildman–Crippen MR) is 170 cm³/mol. The van der Waals surface area contributed by atoms with E-state index < -0.39 is 0 Å². The van der Waals surface area contributed by atoms with Gasteiger partial charge in [-0.25, -0.2) is 9.97 Å². The highest BCUT2D eigenvalue weighted by atomic mass is 16.5. The lowest BCUT2D eigenvalue weighted by Crippen LogP contribution is -2.17. The molecule has 7 heteroatoms. The topological polar surface area (TPSA) is 80.7 Å². The molecule has 5 rings (SSSR count). The number of nitrogens with one attached hydrogen (secondary N) is 2. The lowest BCUT2D eigenvalue weighted by atomic mass is 9.94. The zero-order chi connectivity index (χ0) is 28.4. The minimum atomic E-state index is 0.167. The molecule has 2 aliphatic rings. The lowest BCUT2D eigenvalue weighted by Gasteiger charge is -2.14. The summed E-state index contributed by atoms with van der Waals surface area (Å²) >= 11 is 0. The van der Waals surface area contributed by atoms with E-state index in [1.54, 1.807) is 11.9 Å². The molecule has 218 valence electrons. The molecule has 2 N–H and O–H groups in total. The molecule has 1 heterocycles. The number of allylic oxidation sites excluding steroid dienone is 2. The molecular formula is C34H45N5O2. The van der Waals surface area contributed by atoms with Gasteiger partial charge >= 0.3 is 0 Å². The summed E-state index contributed by atoms with van der Waals surface area (Å²) in [5.74, 6) is 4.20. The van der Waals surface area contributed by atoms with Crippen LogP contribution in [0.15, 0.2) is 59.4 Å². The number of unbranched alkanes of at least 4 members (excludes halogenated alkanes) is 1. The second kappa shape index (κ2) is 14.3. The second-order valence-electron chi connectivity index (χ2n) is 11.6. The molecule has 1 aromatic heterocycles. The Balaban J connectivity index is 1.13. The first-order valence-corrected chi connectivity index (χ1v) is 15.4. The van der Waals surface area contributed by atoms with Crippen LogP contribution in [0.1, 0.15) is 77.2 Å². The van der Waals surface area contributed by atoms with Gasteiger partial charge in [-0.05, 0) is 108 Å². The highest BCUT2D eigenvalue weighted by molar-refractivity contribution is 5.98. The van der Waals surface area contributed by atoms with Crippen molar-refractivity contribution in [2.45, 2.75) is 84.7 Å². The Morgan fingerprint density at radius 3 is 2.63 bits per heavy atom. The van der Waals surface area contributed by atoms with Crippen LogP contribution in [0.2, 0.25) is 0 Å². The molecule has 0 amide bonds. The number of benzene rings is 2. The predicted octanol–water partition coefficient (Wildman–Crippen LogP) is 8.11. The molecular weight excluding hydrogens is 510 g/mol. The number of amidine groups is 1. The van der Waals surface area contributed by atoms with Crippen molar-refractivity contribution in [1.29, 1.82) is 0 Å². The average molecular weight is 556 g/mol. The lowest BCUT2D eigenvalue weighted by molar-refractivity contribution is 0.242. The number of hydrogen-bond acceptors (Lipinski definition) is 6. The van der Waals surface area contributed by atoms with E-state index in [0.717, 1.165) is 64.8 Å². The molecule has 3 aromatic rings. The fourth-order valence-corrected chi connectivity index (χ4v) is 5.29. The summed E-state index contributed by atoms with van der Waals surface area (Å²) in [5.41, 5.74) is 4.67. The van der Waals surface area contributed by atoms with Crippen molar-refractivity contribution in [2.24, 2.45) is 10.9 Å². The number of nitrogens with zero attached hydrogens (tertiary/aromatic N) is 3. The van der Waals surface area contributed by atoms with E-state index in [9.17, 15) is 0 Å². The minimum absolute atomic E-state index is 0.167. The number of ether oxygens (including phenoxy) is 2. The maximum absolute atomic E-state index is 6.16. The van der Waals surface area contributed by atoms with Gasteiger partial charge in [0.15, 0.2) is 0 Å². The zero-order valence-corrected chi connectivity index (χ0v) is 24.9. The van der Waals surface area contributed by atoms with E-state index in [2.05, 4.69) is 51.8 Å². The maximum Gasteiger partial charge on any atom is 0.137 e. The van der Waals surface area contributed by atoms with Gasteiger partial charge in [-0.3, -0.25) is 4.99 Å². The third kappa shape index (κ3) is 8.69. The Morgan fingerprint density at radius 2 is 1.88 bits per heavy atom. The standard InChI is InChI=1S/C34H45N5O2/c1-24(2)41-29-16-14-28(15-17-29)39-33(27-12-13-27)35-18-19-36-34-30-21-25(3)32(22-31(30)37-23-38-34)40-20-8-7-11-26-9-5-4-6-10-26/h11,14-17,21-24,27H,4-10,12-13,18-20H2,1-3H3,(H,35,39)(H,36,37,38). The third-order valence-corrected chi connectivity index (χ3v) is 7.62. The van der Waals surface area contributed by atoms with Crippen LogP contribution >= 0.6 is 0 Å². The van der Waals surface area contributed by atoms with Gasteiger partial charge in [-0.1, -0.05) is 18.1 Å². The van der Waals surface area contributed by atoms with Gasteiger partial charge in [0.2, 0.25) is 0 Å². The van der Waals surface area contributed by atoms with Gasteiger partial charge in [0, 0.05) is 29.6 Å². The van der Waals surface area contributed by atoms with E-state index in [1.807, 2.05) is 32.0 Å². The average Bonchev–Trinajstić information content (AvgIpc) is 3.82. The molecule has 0 spiro atoms. The third-order valence-electron chi connectivity index (χ3n) is 7.62. The van der Waals surface area contributed by atoms with E-state index >= 15 is 0 Å². The molecule has 2 aromatic carbocycles. The molecule has 2 aliphatic carbocycles. The molecule has 2 fully saturated rings. The van der Waals surface area contributed by atoms with Crippen LogP contribution in [0.25, 0.3) is 10.9 Å². The van der Waals surface area contributed by atoms with Crippen molar-refractivity contribution in [3.63, 3.8) is 0 Å². The number of aryl methyl sites for hydroxylation is 1. The fraction of sp³-hybridized carbons (Fsp3) is 0.500. The molecule has 0 aliphatic heterocycles. The summed E-state index contributed by atoms with van der Waals surface area (Å²) in [6, 6.07) is 12.3. The first-order valence-electron chi connectivity index (χ1n) is 15.4. The minimum Gasteiger partial charge on any atom is -0.493 e. The number of anilines is 2. The molecule has 0 bridgehead atoms. The van der Waals surface area contributed by atoms with E-state index in [0.29, 0.717) is 19.0 Å². The summed E-state index contributed by atoms with van der Waals surface area (Å²) in [4.78, 5) is 13.9. The van der Waals surface area contributed by atoms with Gasteiger partial charge in [0.1, 0.15) is 29.5 Å². The number of rotatable bonds is 13.